The van der Waals surface area contributed by atoms with Crippen molar-refractivity contribution in [3.63, 3.8) is 0 Å². The first-order chi connectivity index (χ1) is 12.7. The highest BCUT2D eigenvalue weighted by Gasteiger charge is 2.19. The highest BCUT2D eigenvalue weighted by molar-refractivity contribution is 9.10. The summed E-state index contributed by atoms with van der Waals surface area (Å²) in [6, 6.07) is 10.5. The zero-order chi connectivity index (χ0) is 20.0. The maximum Gasteiger partial charge on any atom is 0.277 e. The van der Waals surface area contributed by atoms with Crippen molar-refractivity contribution >= 4 is 28.1 Å². The van der Waals surface area contributed by atoms with E-state index in [4.69, 9.17) is 9.47 Å². The first-order valence-electron chi connectivity index (χ1n) is 8.32. The number of ether oxygens (including phenoxy) is 2. The number of benzene rings is 2. The fourth-order valence-corrected chi connectivity index (χ4v) is 2.72. The van der Waals surface area contributed by atoms with E-state index in [9.17, 15) is 9.90 Å². The Bertz CT molecular complexity index is 844. The molecule has 6 nitrogen and oxygen atoms in total. The number of carbonyl (C=O) groups is 1. The van der Waals surface area contributed by atoms with Gasteiger partial charge in [0.15, 0.2) is 18.1 Å². The van der Waals surface area contributed by atoms with E-state index in [0.717, 1.165) is 10.0 Å². The number of nitrogens with one attached hydrogen (secondary N) is 1. The topological polar surface area (TPSA) is 80.2 Å². The number of hydrogen-bond acceptors (Lipinski definition) is 5. The fraction of sp³-hybridized carbons (Fsp3) is 0.300. The minimum absolute atomic E-state index is 0.000980. The van der Waals surface area contributed by atoms with Gasteiger partial charge in [0, 0.05) is 10.0 Å². The lowest BCUT2D eigenvalue weighted by Gasteiger charge is -2.23. The van der Waals surface area contributed by atoms with Gasteiger partial charge in [-0.05, 0) is 47.4 Å². The van der Waals surface area contributed by atoms with Crippen molar-refractivity contribution in [1.82, 2.24) is 5.43 Å². The normalized spacial score (nSPS) is 11.4. The highest BCUT2D eigenvalue weighted by Crippen LogP contribution is 2.33. The van der Waals surface area contributed by atoms with Crippen molar-refractivity contribution in [2.75, 3.05) is 13.7 Å². The Kier molecular flexibility index (Phi) is 6.85. The Labute approximate surface area is 167 Å². The quantitative estimate of drug-likeness (QED) is 0.531. The molecule has 27 heavy (non-hydrogen) atoms. The maximum absolute atomic E-state index is 12.0. The molecule has 2 N–H and O–H groups in total. The van der Waals surface area contributed by atoms with Crippen molar-refractivity contribution in [1.29, 1.82) is 0 Å². The lowest BCUT2D eigenvalue weighted by atomic mass is 9.86. The molecule has 0 aromatic heterocycles. The molecule has 144 valence electrons. The molecule has 0 bridgehead atoms. The average molecular weight is 435 g/mol. The molecular formula is C20H23BrN2O4. The minimum atomic E-state index is -0.383. The van der Waals surface area contributed by atoms with Crippen molar-refractivity contribution < 1.29 is 19.4 Å². The summed E-state index contributed by atoms with van der Waals surface area (Å²) >= 11 is 3.46. The van der Waals surface area contributed by atoms with Gasteiger partial charge >= 0.3 is 0 Å². The predicted octanol–water partition coefficient (Wildman–Crippen LogP) is 3.99. The number of rotatable bonds is 6. The van der Waals surface area contributed by atoms with Gasteiger partial charge in [-0.2, -0.15) is 5.10 Å². The number of halogens is 1. The summed E-state index contributed by atoms with van der Waals surface area (Å²) in [5.41, 5.74) is 3.91. The van der Waals surface area contributed by atoms with Crippen LogP contribution in [0.1, 0.15) is 31.9 Å². The van der Waals surface area contributed by atoms with E-state index in [1.54, 1.807) is 12.1 Å². The summed E-state index contributed by atoms with van der Waals surface area (Å²) in [6.45, 7) is 6.08. The predicted molar refractivity (Wildman–Crippen MR) is 109 cm³/mol. The van der Waals surface area contributed by atoms with Crippen LogP contribution in [0.25, 0.3) is 0 Å². The molecule has 0 unspecified atom stereocenters. The Balaban J connectivity index is 1.94. The van der Waals surface area contributed by atoms with Gasteiger partial charge in [-0.3, -0.25) is 4.79 Å². The molecule has 0 heterocycles. The number of hydrazone groups is 1. The van der Waals surface area contributed by atoms with Crippen LogP contribution in [0.4, 0.5) is 0 Å². The third-order valence-corrected chi connectivity index (χ3v) is 4.21. The second-order valence-electron chi connectivity index (χ2n) is 6.90. The molecule has 0 saturated carbocycles. The molecule has 0 radical (unpaired) electrons. The molecular weight excluding hydrogens is 412 g/mol. The van der Waals surface area contributed by atoms with Gasteiger partial charge in [-0.25, -0.2) is 5.43 Å². The molecule has 0 spiro atoms. The zero-order valence-corrected chi connectivity index (χ0v) is 17.3. The molecule has 7 heteroatoms. The summed E-state index contributed by atoms with van der Waals surface area (Å²) in [7, 11) is 1.47. The molecule has 0 fully saturated rings. The number of aromatic hydroxyl groups is 1. The second kappa shape index (κ2) is 8.90. The Morgan fingerprint density at radius 1 is 1.22 bits per heavy atom. The van der Waals surface area contributed by atoms with Crippen molar-refractivity contribution in [3.05, 3.63) is 52.0 Å². The van der Waals surface area contributed by atoms with Gasteiger partial charge < -0.3 is 14.6 Å². The Hall–Kier alpha value is -2.54. The first kappa shape index (κ1) is 20.8. The minimum Gasteiger partial charge on any atom is -0.504 e. The van der Waals surface area contributed by atoms with Gasteiger partial charge in [-0.1, -0.05) is 36.7 Å². The molecule has 0 aliphatic rings. The zero-order valence-electron chi connectivity index (χ0n) is 15.7. The standard InChI is InChI=1S/C20H23BrN2O4/c1-20(2,3)15-10-14(21)6-8-17(15)27-12-19(25)23-22-11-13-5-7-18(26-4)16(24)9-13/h5-11,24H,12H2,1-4H3,(H,23,25)/b22-11+. The fourth-order valence-electron chi connectivity index (χ4n) is 2.36. The largest absolute Gasteiger partial charge is 0.504 e. The van der Waals surface area contributed by atoms with Gasteiger partial charge in [-0.15, -0.1) is 0 Å². The van der Waals surface area contributed by atoms with E-state index in [2.05, 4.69) is 47.2 Å². The summed E-state index contributed by atoms with van der Waals surface area (Å²) < 4.78 is 11.6. The third-order valence-electron chi connectivity index (χ3n) is 3.71. The van der Waals surface area contributed by atoms with Crippen LogP contribution in [0.5, 0.6) is 17.2 Å². The van der Waals surface area contributed by atoms with Gasteiger partial charge in [0.2, 0.25) is 0 Å². The molecule has 0 aliphatic carbocycles. The van der Waals surface area contributed by atoms with Crippen molar-refractivity contribution in [2.45, 2.75) is 26.2 Å². The van der Waals surface area contributed by atoms with E-state index in [-0.39, 0.29) is 23.7 Å². The number of hydrogen-bond donors (Lipinski definition) is 2. The summed E-state index contributed by atoms with van der Waals surface area (Å²) in [5, 5.41) is 13.6. The lowest BCUT2D eigenvalue weighted by Crippen LogP contribution is -2.25. The van der Waals surface area contributed by atoms with Crippen molar-refractivity contribution in [3.8, 4) is 17.2 Å². The first-order valence-corrected chi connectivity index (χ1v) is 9.11. The number of phenols is 1. The lowest BCUT2D eigenvalue weighted by molar-refractivity contribution is -0.123. The summed E-state index contributed by atoms with van der Waals surface area (Å²) in [4.78, 5) is 12.0. The van der Waals surface area contributed by atoms with Crippen LogP contribution in [0.3, 0.4) is 0 Å². The number of phenolic OH excluding ortho intramolecular Hbond substituents is 1. The van der Waals surface area contributed by atoms with Gasteiger partial charge in [0.25, 0.3) is 5.91 Å². The molecule has 1 amide bonds. The number of amides is 1. The van der Waals surface area contributed by atoms with Crippen LogP contribution in [0, 0.1) is 0 Å². The molecule has 0 saturated heterocycles. The van der Waals surface area contributed by atoms with E-state index in [0.29, 0.717) is 17.1 Å². The van der Waals surface area contributed by atoms with Crippen LogP contribution in [-0.4, -0.2) is 30.9 Å². The Morgan fingerprint density at radius 2 is 1.93 bits per heavy atom. The molecule has 0 aliphatic heterocycles. The summed E-state index contributed by atoms with van der Waals surface area (Å²) in [5.74, 6) is 0.645. The van der Waals surface area contributed by atoms with E-state index < -0.39 is 0 Å². The van der Waals surface area contributed by atoms with Crippen LogP contribution in [0.15, 0.2) is 46.0 Å². The molecule has 0 atom stereocenters. The molecule has 2 rings (SSSR count). The smallest absolute Gasteiger partial charge is 0.277 e. The van der Waals surface area contributed by atoms with E-state index in [1.807, 2.05) is 18.2 Å². The van der Waals surface area contributed by atoms with Crippen LogP contribution >= 0.6 is 15.9 Å². The monoisotopic (exact) mass is 434 g/mol. The number of carbonyl (C=O) groups excluding carboxylic acids is 1. The van der Waals surface area contributed by atoms with Crippen LogP contribution < -0.4 is 14.9 Å². The van der Waals surface area contributed by atoms with Gasteiger partial charge in [0.05, 0.1) is 13.3 Å². The molecule has 2 aromatic carbocycles. The number of methoxy groups -OCH3 is 1. The summed E-state index contributed by atoms with van der Waals surface area (Å²) in [6.07, 6.45) is 1.43. The third kappa shape index (κ3) is 5.99. The SMILES string of the molecule is COc1ccc(/C=N/NC(=O)COc2ccc(Br)cc2C(C)(C)C)cc1O. The maximum atomic E-state index is 12.0. The Morgan fingerprint density at radius 3 is 2.56 bits per heavy atom. The average Bonchev–Trinajstić information content (AvgIpc) is 2.60. The van der Waals surface area contributed by atoms with Crippen molar-refractivity contribution in [2.24, 2.45) is 5.10 Å². The van der Waals surface area contributed by atoms with Crippen LogP contribution in [0.2, 0.25) is 0 Å². The van der Waals surface area contributed by atoms with E-state index in [1.165, 1.54) is 19.4 Å². The number of nitrogens with zero attached hydrogens (tertiary/aromatic N) is 1. The van der Waals surface area contributed by atoms with Crippen LogP contribution in [-0.2, 0) is 10.2 Å². The second-order valence-corrected chi connectivity index (χ2v) is 7.82. The highest BCUT2D eigenvalue weighted by atomic mass is 79.9. The molecule has 2 aromatic rings. The van der Waals surface area contributed by atoms with E-state index >= 15 is 0 Å². The van der Waals surface area contributed by atoms with Gasteiger partial charge in [0.1, 0.15) is 5.75 Å².